The third-order valence-electron chi connectivity index (χ3n) is 3.97. The van der Waals surface area contributed by atoms with Crippen LogP contribution in [-0.2, 0) is 0 Å². The van der Waals surface area contributed by atoms with Crippen LogP contribution in [0, 0.1) is 6.92 Å². The zero-order valence-corrected chi connectivity index (χ0v) is 15.1. The van der Waals surface area contributed by atoms with Gasteiger partial charge in [-0.15, -0.1) is 0 Å². The lowest BCUT2D eigenvalue weighted by Gasteiger charge is -2.36. The van der Waals surface area contributed by atoms with E-state index in [9.17, 15) is 4.79 Å². The highest BCUT2D eigenvalue weighted by molar-refractivity contribution is 9.10. The lowest BCUT2D eigenvalue weighted by molar-refractivity contribution is 0.0746. The number of aromatic nitrogens is 1. The maximum absolute atomic E-state index is 12.5. The highest BCUT2D eigenvalue weighted by Gasteiger charge is 2.23. The second-order valence-corrected chi connectivity index (χ2v) is 6.93. The summed E-state index contributed by atoms with van der Waals surface area (Å²) in [5, 5.41) is 0.642. The predicted molar refractivity (Wildman–Crippen MR) is 96.2 cm³/mol. The molecule has 3 rings (SSSR count). The number of benzene rings is 1. The van der Waals surface area contributed by atoms with E-state index in [1.54, 1.807) is 24.3 Å². The summed E-state index contributed by atoms with van der Waals surface area (Å²) in [7, 11) is 0. The Balaban J connectivity index is 1.66. The van der Waals surface area contributed by atoms with Crippen LogP contribution in [0.5, 0.6) is 0 Å². The molecule has 0 bridgehead atoms. The van der Waals surface area contributed by atoms with Crippen molar-refractivity contribution in [3.05, 3.63) is 57.2 Å². The molecule has 0 atom stereocenters. The van der Waals surface area contributed by atoms with Crippen molar-refractivity contribution in [3.8, 4) is 0 Å². The second kappa shape index (κ2) is 6.89. The van der Waals surface area contributed by atoms with E-state index >= 15 is 0 Å². The minimum Gasteiger partial charge on any atom is -0.353 e. The summed E-state index contributed by atoms with van der Waals surface area (Å²) >= 11 is 9.31. The normalized spacial score (nSPS) is 14.9. The van der Waals surface area contributed by atoms with Gasteiger partial charge in [0.1, 0.15) is 5.82 Å². The molecule has 1 aliphatic heterocycles. The summed E-state index contributed by atoms with van der Waals surface area (Å²) in [6, 6.07) is 9.11. The van der Waals surface area contributed by atoms with Gasteiger partial charge in [-0.25, -0.2) is 4.98 Å². The smallest absolute Gasteiger partial charge is 0.253 e. The highest BCUT2D eigenvalue weighted by atomic mass is 79.9. The van der Waals surface area contributed by atoms with Crippen LogP contribution in [0.25, 0.3) is 0 Å². The first-order chi connectivity index (χ1) is 11.0. The summed E-state index contributed by atoms with van der Waals surface area (Å²) in [6.07, 6.45) is 1.81. The minimum atomic E-state index is 0.0572. The second-order valence-electron chi connectivity index (χ2n) is 5.58. The molecule has 1 fully saturated rings. The molecule has 1 aromatic carbocycles. The first-order valence-electron chi connectivity index (χ1n) is 7.46. The number of halogens is 2. The minimum absolute atomic E-state index is 0.0572. The third kappa shape index (κ3) is 3.67. The molecule has 2 heterocycles. The van der Waals surface area contributed by atoms with Crippen molar-refractivity contribution in [1.82, 2.24) is 9.88 Å². The molecule has 4 nitrogen and oxygen atoms in total. The molecule has 1 saturated heterocycles. The van der Waals surface area contributed by atoms with E-state index in [1.807, 2.05) is 11.1 Å². The number of nitrogens with zero attached hydrogens (tertiary/aromatic N) is 3. The molecule has 2 aromatic rings. The van der Waals surface area contributed by atoms with Gasteiger partial charge in [-0.05, 0) is 58.7 Å². The van der Waals surface area contributed by atoms with Gasteiger partial charge in [-0.3, -0.25) is 4.79 Å². The molecule has 6 heteroatoms. The first kappa shape index (κ1) is 16.3. The number of pyridine rings is 1. The number of carbonyl (C=O) groups excluding carboxylic acids is 1. The molecule has 23 heavy (non-hydrogen) atoms. The Morgan fingerprint density at radius 1 is 1.17 bits per heavy atom. The van der Waals surface area contributed by atoms with Gasteiger partial charge in [-0.2, -0.15) is 0 Å². The van der Waals surface area contributed by atoms with Crippen molar-refractivity contribution >= 4 is 39.3 Å². The first-order valence-corrected chi connectivity index (χ1v) is 8.63. The van der Waals surface area contributed by atoms with E-state index in [0.717, 1.165) is 28.9 Å². The number of aryl methyl sites for hydroxylation is 1. The standard InChI is InChI=1S/C17H17BrClN3O/c1-12-10-14(18)11-20-16(12)21-6-8-22(9-7-21)17(23)13-2-4-15(19)5-3-13/h2-5,10-11H,6-9H2,1H3. The molecule has 120 valence electrons. The third-order valence-corrected chi connectivity index (χ3v) is 4.66. The molecule has 0 saturated carbocycles. The van der Waals surface area contributed by atoms with Gasteiger partial charge in [0.25, 0.3) is 5.91 Å². The van der Waals surface area contributed by atoms with Crippen molar-refractivity contribution in [2.24, 2.45) is 0 Å². The summed E-state index contributed by atoms with van der Waals surface area (Å²) in [4.78, 5) is 21.1. The van der Waals surface area contributed by atoms with Gasteiger partial charge >= 0.3 is 0 Å². The molecule has 0 radical (unpaired) electrons. The Kier molecular flexibility index (Phi) is 4.87. The molecular formula is C17H17BrClN3O. The Hall–Kier alpha value is -1.59. The van der Waals surface area contributed by atoms with Crippen LogP contribution in [0.1, 0.15) is 15.9 Å². The van der Waals surface area contributed by atoms with Crippen molar-refractivity contribution in [1.29, 1.82) is 0 Å². The molecule has 0 spiro atoms. The maximum Gasteiger partial charge on any atom is 0.253 e. The van der Waals surface area contributed by atoms with Crippen molar-refractivity contribution < 1.29 is 4.79 Å². The number of rotatable bonds is 2. The monoisotopic (exact) mass is 393 g/mol. The van der Waals surface area contributed by atoms with Crippen molar-refractivity contribution in [2.45, 2.75) is 6.92 Å². The average Bonchev–Trinajstić information content (AvgIpc) is 2.55. The summed E-state index contributed by atoms with van der Waals surface area (Å²) in [5.74, 6) is 1.05. The van der Waals surface area contributed by atoms with Gasteiger partial charge in [0.15, 0.2) is 0 Å². The predicted octanol–water partition coefficient (Wildman–Crippen LogP) is 3.77. The van der Waals surface area contributed by atoms with E-state index in [-0.39, 0.29) is 5.91 Å². The number of amides is 1. The lowest BCUT2D eigenvalue weighted by Crippen LogP contribution is -2.49. The number of anilines is 1. The van der Waals surface area contributed by atoms with E-state index in [1.165, 1.54) is 0 Å². The quantitative estimate of drug-likeness (QED) is 0.778. The SMILES string of the molecule is Cc1cc(Br)cnc1N1CCN(C(=O)c2ccc(Cl)cc2)CC1. The summed E-state index contributed by atoms with van der Waals surface area (Å²) in [5.41, 5.74) is 1.82. The van der Waals surface area contributed by atoms with Crippen LogP contribution in [0.4, 0.5) is 5.82 Å². The number of hydrogen-bond acceptors (Lipinski definition) is 3. The van der Waals surface area contributed by atoms with Crippen LogP contribution in [-0.4, -0.2) is 42.0 Å². The van der Waals surface area contributed by atoms with Crippen LogP contribution < -0.4 is 4.90 Å². The topological polar surface area (TPSA) is 36.4 Å². The fraction of sp³-hybridized carbons (Fsp3) is 0.294. The van der Waals surface area contributed by atoms with Crippen LogP contribution in [0.3, 0.4) is 0 Å². The van der Waals surface area contributed by atoms with E-state index in [4.69, 9.17) is 11.6 Å². The molecular weight excluding hydrogens is 378 g/mol. The Morgan fingerprint density at radius 2 is 1.83 bits per heavy atom. The van der Waals surface area contributed by atoms with Gasteiger partial charge < -0.3 is 9.80 Å². The van der Waals surface area contributed by atoms with Crippen LogP contribution in [0.2, 0.25) is 5.02 Å². The zero-order valence-electron chi connectivity index (χ0n) is 12.8. The van der Waals surface area contributed by atoms with Gasteiger partial charge in [0.05, 0.1) is 0 Å². The Morgan fingerprint density at radius 3 is 2.43 bits per heavy atom. The molecule has 0 unspecified atom stereocenters. The number of piperazine rings is 1. The fourth-order valence-electron chi connectivity index (χ4n) is 2.76. The molecule has 1 amide bonds. The van der Waals surface area contributed by atoms with E-state index in [0.29, 0.717) is 23.7 Å². The van der Waals surface area contributed by atoms with Gasteiger partial charge in [0.2, 0.25) is 0 Å². The van der Waals surface area contributed by atoms with Crippen LogP contribution >= 0.6 is 27.5 Å². The van der Waals surface area contributed by atoms with Gasteiger partial charge in [0, 0.05) is 47.4 Å². The Bertz CT molecular complexity index is 712. The molecule has 1 aromatic heterocycles. The van der Waals surface area contributed by atoms with E-state index < -0.39 is 0 Å². The maximum atomic E-state index is 12.5. The Labute approximate surface area is 149 Å². The van der Waals surface area contributed by atoms with Crippen LogP contribution in [0.15, 0.2) is 41.0 Å². The van der Waals surface area contributed by atoms with E-state index in [2.05, 4.69) is 38.8 Å². The number of hydrogen-bond donors (Lipinski definition) is 0. The fourth-order valence-corrected chi connectivity index (χ4v) is 3.33. The zero-order chi connectivity index (χ0) is 16.4. The lowest BCUT2D eigenvalue weighted by atomic mass is 10.1. The number of carbonyl (C=O) groups is 1. The molecule has 1 aliphatic rings. The summed E-state index contributed by atoms with van der Waals surface area (Å²) < 4.78 is 0.982. The molecule has 0 N–H and O–H groups in total. The highest BCUT2D eigenvalue weighted by Crippen LogP contribution is 2.22. The largest absolute Gasteiger partial charge is 0.353 e. The average molecular weight is 395 g/mol. The van der Waals surface area contributed by atoms with Crippen molar-refractivity contribution in [3.63, 3.8) is 0 Å². The van der Waals surface area contributed by atoms with Crippen molar-refractivity contribution in [2.75, 3.05) is 31.1 Å². The summed E-state index contributed by atoms with van der Waals surface area (Å²) in [6.45, 7) is 5.01. The van der Waals surface area contributed by atoms with Gasteiger partial charge in [-0.1, -0.05) is 11.6 Å². The molecule has 0 aliphatic carbocycles.